The van der Waals surface area contributed by atoms with Gasteiger partial charge in [0.25, 0.3) is 0 Å². The predicted octanol–water partition coefficient (Wildman–Crippen LogP) is 3.95. The number of hydrogen-bond donors (Lipinski definition) is 1. The highest BCUT2D eigenvalue weighted by Crippen LogP contribution is 2.29. The lowest BCUT2D eigenvalue weighted by atomic mass is 9.97. The van der Waals surface area contributed by atoms with Gasteiger partial charge in [-0.2, -0.15) is 0 Å². The van der Waals surface area contributed by atoms with E-state index in [0.29, 0.717) is 0 Å². The minimum Gasteiger partial charge on any atom is -0.251 e. The van der Waals surface area contributed by atoms with E-state index in [4.69, 9.17) is 5.26 Å². The Hall–Kier alpha value is -1.64. The second-order valence-corrected chi connectivity index (χ2v) is 3.90. The Morgan fingerprint density at radius 3 is 2.56 bits per heavy atom. The van der Waals surface area contributed by atoms with Gasteiger partial charge in [0, 0.05) is 0 Å². The summed E-state index contributed by atoms with van der Waals surface area (Å²) in [6.07, 6.45) is -0.467. The first-order valence-corrected chi connectivity index (χ1v) is 5.17. The van der Waals surface area contributed by atoms with E-state index in [-0.39, 0.29) is 0 Å². The lowest BCUT2D eigenvalue weighted by Gasteiger charge is -2.15. The molecule has 0 saturated carbocycles. The fourth-order valence-corrected chi connectivity index (χ4v) is 1.89. The maximum absolute atomic E-state index is 8.95. The van der Waals surface area contributed by atoms with Gasteiger partial charge < -0.3 is 0 Å². The van der Waals surface area contributed by atoms with E-state index in [1.165, 1.54) is 0 Å². The van der Waals surface area contributed by atoms with Crippen LogP contribution in [0.2, 0.25) is 0 Å². The normalized spacial score (nSPS) is 12.6. The summed E-state index contributed by atoms with van der Waals surface area (Å²) in [6, 6.07) is 13.9. The molecule has 0 bridgehead atoms. The molecule has 2 nitrogen and oxygen atoms in total. The lowest BCUT2D eigenvalue weighted by Crippen LogP contribution is -2.03. The molecule has 0 amide bonds. The van der Waals surface area contributed by atoms with Gasteiger partial charge in [-0.25, -0.2) is 4.89 Å². The summed E-state index contributed by atoms with van der Waals surface area (Å²) in [5, 5.41) is 11.2. The maximum atomic E-state index is 8.95. The molecule has 2 aromatic carbocycles. The Bertz CT molecular complexity index is 512. The monoisotopic (exact) mass is 214 g/mol. The summed E-state index contributed by atoms with van der Waals surface area (Å²) in [5.41, 5.74) is 1.71. The summed E-state index contributed by atoms with van der Waals surface area (Å²) < 4.78 is 0. The van der Waals surface area contributed by atoms with Gasteiger partial charge in [0.15, 0.2) is 0 Å². The molecule has 0 saturated heterocycles. The van der Waals surface area contributed by atoms with Crippen molar-refractivity contribution in [3.63, 3.8) is 0 Å². The predicted molar refractivity (Wildman–Crippen MR) is 65.2 cm³/mol. The quantitative estimate of drug-likeness (QED) is 0.476. The molecule has 0 radical (unpaired) electrons. The molecule has 82 valence electrons. The molecule has 0 spiro atoms. The zero-order chi connectivity index (χ0) is 11.5. The van der Waals surface area contributed by atoms with Gasteiger partial charge in [0.2, 0.25) is 0 Å². The van der Waals surface area contributed by atoms with Crippen molar-refractivity contribution in [3.05, 3.63) is 60.2 Å². The van der Waals surface area contributed by atoms with Crippen LogP contribution >= 0.6 is 0 Å². The zero-order valence-corrected chi connectivity index (χ0v) is 9.18. The third-order valence-corrected chi connectivity index (χ3v) is 2.66. The molecule has 1 N–H and O–H groups in total. The Labute approximate surface area is 94.7 Å². The SMILES string of the molecule is C=C(C)C(OO)c1cccc2ccccc12. The molecule has 0 aliphatic carbocycles. The average molecular weight is 214 g/mol. The minimum atomic E-state index is -0.467. The smallest absolute Gasteiger partial charge is 0.139 e. The summed E-state index contributed by atoms with van der Waals surface area (Å²) in [5.74, 6) is 0. The fourth-order valence-electron chi connectivity index (χ4n) is 1.89. The number of hydrogen-bond acceptors (Lipinski definition) is 2. The summed E-state index contributed by atoms with van der Waals surface area (Å²) in [7, 11) is 0. The lowest BCUT2D eigenvalue weighted by molar-refractivity contribution is -0.271. The standard InChI is InChI=1S/C14H14O2/c1-10(2)14(16-15)13-9-5-7-11-6-3-4-8-12(11)13/h3-9,14-15H,1H2,2H3. The van der Waals surface area contributed by atoms with E-state index in [9.17, 15) is 0 Å². The van der Waals surface area contributed by atoms with E-state index in [2.05, 4.69) is 11.5 Å². The fraction of sp³-hybridized carbons (Fsp3) is 0.143. The molecule has 0 aromatic heterocycles. The van der Waals surface area contributed by atoms with Crippen molar-refractivity contribution in [1.29, 1.82) is 0 Å². The highest BCUT2D eigenvalue weighted by Gasteiger charge is 2.15. The van der Waals surface area contributed by atoms with Gasteiger partial charge in [-0.3, -0.25) is 5.26 Å². The molecule has 0 heterocycles. The Kier molecular flexibility index (Phi) is 3.04. The molecule has 0 fully saturated rings. The van der Waals surface area contributed by atoms with Gasteiger partial charge in [-0.1, -0.05) is 49.0 Å². The second-order valence-electron chi connectivity index (χ2n) is 3.90. The summed E-state index contributed by atoms with van der Waals surface area (Å²) in [6.45, 7) is 5.66. The summed E-state index contributed by atoms with van der Waals surface area (Å²) in [4.78, 5) is 4.51. The number of fused-ring (bicyclic) bond motifs is 1. The van der Waals surface area contributed by atoms with Crippen molar-refractivity contribution in [1.82, 2.24) is 0 Å². The van der Waals surface area contributed by atoms with Gasteiger partial charge in [0.1, 0.15) is 6.10 Å². The third kappa shape index (κ3) is 1.85. The third-order valence-electron chi connectivity index (χ3n) is 2.66. The summed E-state index contributed by atoms with van der Waals surface area (Å²) >= 11 is 0. The van der Waals surface area contributed by atoms with Crippen LogP contribution in [-0.2, 0) is 4.89 Å². The van der Waals surface area contributed by atoms with Gasteiger partial charge in [-0.05, 0) is 28.8 Å². The molecule has 1 unspecified atom stereocenters. The van der Waals surface area contributed by atoms with E-state index >= 15 is 0 Å². The van der Waals surface area contributed by atoms with Crippen LogP contribution in [0, 0.1) is 0 Å². The van der Waals surface area contributed by atoms with Crippen LogP contribution in [0.25, 0.3) is 10.8 Å². The highest BCUT2D eigenvalue weighted by atomic mass is 17.1. The van der Waals surface area contributed by atoms with Crippen LogP contribution in [-0.4, -0.2) is 5.26 Å². The first-order valence-electron chi connectivity index (χ1n) is 5.17. The molecular weight excluding hydrogens is 200 g/mol. The van der Waals surface area contributed by atoms with Crippen molar-refractivity contribution < 1.29 is 10.1 Å². The van der Waals surface area contributed by atoms with Crippen molar-refractivity contribution >= 4 is 10.8 Å². The van der Waals surface area contributed by atoms with Crippen molar-refractivity contribution in [3.8, 4) is 0 Å². The first-order chi connectivity index (χ1) is 7.74. The van der Waals surface area contributed by atoms with E-state index in [0.717, 1.165) is 21.9 Å². The molecule has 1 atom stereocenters. The van der Waals surface area contributed by atoms with E-state index in [1.54, 1.807) is 0 Å². The Morgan fingerprint density at radius 2 is 1.88 bits per heavy atom. The van der Waals surface area contributed by atoms with Crippen molar-refractivity contribution in [2.75, 3.05) is 0 Å². The van der Waals surface area contributed by atoms with Crippen molar-refractivity contribution in [2.24, 2.45) is 0 Å². The number of rotatable bonds is 3. The van der Waals surface area contributed by atoms with Gasteiger partial charge in [0.05, 0.1) is 0 Å². The van der Waals surface area contributed by atoms with Gasteiger partial charge in [-0.15, -0.1) is 0 Å². The first kappa shape index (κ1) is 10.9. The molecule has 0 aliphatic heterocycles. The van der Waals surface area contributed by atoms with E-state index in [1.807, 2.05) is 49.4 Å². The van der Waals surface area contributed by atoms with Crippen LogP contribution < -0.4 is 0 Å². The van der Waals surface area contributed by atoms with E-state index < -0.39 is 6.10 Å². The largest absolute Gasteiger partial charge is 0.251 e. The van der Waals surface area contributed by atoms with Crippen LogP contribution in [0.1, 0.15) is 18.6 Å². The second kappa shape index (κ2) is 4.47. The van der Waals surface area contributed by atoms with Crippen LogP contribution in [0.4, 0.5) is 0 Å². The van der Waals surface area contributed by atoms with Crippen LogP contribution in [0.5, 0.6) is 0 Å². The molecule has 16 heavy (non-hydrogen) atoms. The zero-order valence-electron chi connectivity index (χ0n) is 9.18. The van der Waals surface area contributed by atoms with Crippen LogP contribution in [0.15, 0.2) is 54.6 Å². The topological polar surface area (TPSA) is 29.5 Å². The molecule has 2 rings (SSSR count). The van der Waals surface area contributed by atoms with Crippen LogP contribution in [0.3, 0.4) is 0 Å². The average Bonchev–Trinajstić information content (AvgIpc) is 2.30. The Balaban J connectivity index is 2.63. The molecule has 2 aromatic rings. The highest BCUT2D eigenvalue weighted by molar-refractivity contribution is 5.86. The Morgan fingerprint density at radius 1 is 1.19 bits per heavy atom. The van der Waals surface area contributed by atoms with Gasteiger partial charge >= 0.3 is 0 Å². The minimum absolute atomic E-state index is 0.467. The molecule has 0 aliphatic rings. The molecule has 2 heteroatoms. The maximum Gasteiger partial charge on any atom is 0.139 e. The van der Waals surface area contributed by atoms with Crippen molar-refractivity contribution in [2.45, 2.75) is 13.0 Å². The molecular formula is C14H14O2. The number of benzene rings is 2.